The monoisotopic (exact) mass is 410 g/mol. The van der Waals surface area contributed by atoms with Gasteiger partial charge in [-0.05, 0) is 36.6 Å². The molecule has 1 amide bonds. The second-order valence-electron chi connectivity index (χ2n) is 8.36. The number of benzene rings is 1. The van der Waals surface area contributed by atoms with Gasteiger partial charge in [0, 0.05) is 51.0 Å². The van der Waals surface area contributed by atoms with E-state index < -0.39 is 0 Å². The van der Waals surface area contributed by atoms with Crippen LogP contribution >= 0.6 is 0 Å². The van der Waals surface area contributed by atoms with Crippen LogP contribution in [-0.4, -0.2) is 48.5 Å². The van der Waals surface area contributed by atoms with Crippen LogP contribution in [0.15, 0.2) is 48.8 Å². The lowest BCUT2D eigenvalue weighted by Crippen LogP contribution is -2.50. The second kappa shape index (κ2) is 10.0. The molecular weight excluding hydrogens is 379 g/mol. The molecule has 0 bridgehead atoms. The number of halogens is 1. The number of nitrogens with zero attached hydrogens (tertiary/aromatic N) is 3. The number of hydrogen-bond acceptors (Lipinski definition) is 4. The van der Waals surface area contributed by atoms with Crippen molar-refractivity contribution in [2.45, 2.75) is 38.1 Å². The van der Waals surface area contributed by atoms with Crippen molar-refractivity contribution < 1.29 is 9.18 Å². The number of piperazine rings is 1. The SMILES string of the molecule is O=C(NC[C@H](c1cccnc1)N1CCN(c2ccccc2F)CC1)C1CCCCC1. The Bertz CT molecular complexity index is 817. The molecule has 0 radical (unpaired) electrons. The Morgan fingerprint density at radius 3 is 2.53 bits per heavy atom. The van der Waals surface area contributed by atoms with Crippen molar-refractivity contribution in [1.29, 1.82) is 0 Å². The number of amides is 1. The third kappa shape index (κ3) is 4.98. The van der Waals surface area contributed by atoms with Crippen LogP contribution < -0.4 is 10.2 Å². The number of para-hydroxylation sites is 1. The highest BCUT2D eigenvalue weighted by molar-refractivity contribution is 5.78. The lowest BCUT2D eigenvalue weighted by molar-refractivity contribution is -0.126. The zero-order chi connectivity index (χ0) is 20.8. The van der Waals surface area contributed by atoms with E-state index in [1.165, 1.54) is 12.5 Å². The molecule has 4 rings (SSSR count). The average Bonchev–Trinajstić information content (AvgIpc) is 2.81. The highest BCUT2D eigenvalue weighted by Gasteiger charge is 2.28. The highest BCUT2D eigenvalue weighted by atomic mass is 19.1. The van der Waals surface area contributed by atoms with Gasteiger partial charge in [-0.1, -0.05) is 37.5 Å². The molecule has 6 heteroatoms. The fourth-order valence-electron chi connectivity index (χ4n) is 4.72. The van der Waals surface area contributed by atoms with Gasteiger partial charge in [0.15, 0.2) is 0 Å². The number of hydrogen-bond donors (Lipinski definition) is 1. The van der Waals surface area contributed by atoms with Crippen LogP contribution in [0.2, 0.25) is 0 Å². The summed E-state index contributed by atoms with van der Waals surface area (Å²) in [6.07, 6.45) is 9.23. The van der Waals surface area contributed by atoms with E-state index in [4.69, 9.17) is 0 Å². The van der Waals surface area contributed by atoms with Gasteiger partial charge < -0.3 is 10.2 Å². The zero-order valence-electron chi connectivity index (χ0n) is 17.5. The normalized spacial score (nSPS) is 19.4. The molecule has 30 heavy (non-hydrogen) atoms. The van der Waals surface area contributed by atoms with Crippen molar-refractivity contribution in [2.24, 2.45) is 5.92 Å². The fraction of sp³-hybridized carbons (Fsp3) is 0.500. The van der Waals surface area contributed by atoms with E-state index >= 15 is 0 Å². The molecule has 2 heterocycles. The zero-order valence-corrected chi connectivity index (χ0v) is 17.5. The minimum atomic E-state index is -0.172. The highest BCUT2D eigenvalue weighted by Crippen LogP contribution is 2.26. The summed E-state index contributed by atoms with van der Waals surface area (Å²) in [5.41, 5.74) is 1.78. The first-order valence-electron chi connectivity index (χ1n) is 11.1. The Morgan fingerprint density at radius 2 is 1.83 bits per heavy atom. The van der Waals surface area contributed by atoms with Crippen LogP contribution in [0.3, 0.4) is 0 Å². The van der Waals surface area contributed by atoms with Gasteiger partial charge in [-0.15, -0.1) is 0 Å². The van der Waals surface area contributed by atoms with Gasteiger partial charge in [0.05, 0.1) is 11.7 Å². The molecule has 2 fully saturated rings. The second-order valence-corrected chi connectivity index (χ2v) is 8.36. The molecule has 1 atom stereocenters. The van der Waals surface area contributed by atoms with Gasteiger partial charge in [0.1, 0.15) is 5.82 Å². The molecule has 1 aliphatic heterocycles. The van der Waals surface area contributed by atoms with Crippen molar-refractivity contribution in [3.8, 4) is 0 Å². The Hall–Kier alpha value is -2.47. The first-order chi connectivity index (χ1) is 14.7. The van der Waals surface area contributed by atoms with Crippen LogP contribution in [0.5, 0.6) is 0 Å². The van der Waals surface area contributed by atoms with Crippen LogP contribution in [0.4, 0.5) is 10.1 Å². The standard InChI is InChI=1S/C24H31FN4O/c25-21-10-4-5-11-22(21)28-13-15-29(16-14-28)23(20-9-6-12-26-17-20)18-27-24(30)19-7-2-1-3-8-19/h4-6,9-12,17,19,23H,1-3,7-8,13-16,18H2,(H,27,30)/t23-/m1/s1. The fourth-order valence-corrected chi connectivity index (χ4v) is 4.72. The number of nitrogens with one attached hydrogen (secondary N) is 1. The van der Waals surface area contributed by atoms with Gasteiger partial charge in [-0.3, -0.25) is 14.7 Å². The minimum Gasteiger partial charge on any atom is -0.367 e. The number of carbonyl (C=O) groups is 1. The number of carbonyl (C=O) groups excluding carboxylic acids is 1. The van der Waals surface area contributed by atoms with E-state index in [-0.39, 0.29) is 23.7 Å². The minimum absolute atomic E-state index is 0.0778. The molecule has 1 aromatic carbocycles. The molecule has 0 spiro atoms. The summed E-state index contributed by atoms with van der Waals surface area (Å²) in [5, 5.41) is 3.22. The lowest BCUT2D eigenvalue weighted by atomic mass is 9.88. The Morgan fingerprint density at radius 1 is 1.07 bits per heavy atom. The summed E-state index contributed by atoms with van der Waals surface area (Å²) < 4.78 is 14.2. The Kier molecular flexibility index (Phi) is 6.95. The number of rotatable bonds is 6. The smallest absolute Gasteiger partial charge is 0.223 e. The third-order valence-corrected chi connectivity index (χ3v) is 6.46. The molecule has 0 unspecified atom stereocenters. The van der Waals surface area contributed by atoms with Crippen LogP contribution in [0.1, 0.15) is 43.7 Å². The average molecular weight is 411 g/mol. The summed E-state index contributed by atoms with van der Waals surface area (Å²) in [5.74, 6) is 0.175. The maximum Gasteiger partial charge on any atom is 0.223 e. The predicted octanol–water partition coefficient (Wildman–Crippen LogP) is 3.78. The number of pyridine rings is 1. The van der Waals surface area contributed by atoms with Gasteiger partial charge in [0.25, 0.3) is 0 Å². The van der Waals surface area contributed by atoms with E-state index in [2.05, 4.69) is 26.2 Å². The molecule has 2 aliphatic rings. The Labute approximate surface area is 178 Å². The molecule has 1 N–H and O–H groups in total. The topological polar surface area (TPSA) is 48.5 Å². The molecule has 1 aliphatic carbocycles. The van der Waals surface area contributed by atoms with E-state index in [9.17, 15) is 9.18 Å². The molecule has 1 saturated carbocycles. The van der Waals surface area contributed by atoms with Crippen LogP contribution in [0.25, 0.3) is 0 Å². The Balaban J connectivity index is 1.40. The van der Waals surface area contributed by atoms with Gasteiger partial charge in [-0.25, -0.2) is 4.39 Å². The van der Waals surface area contributed by atoms with Crippen molar-refractivity contribution in [3.63, 3.8) is 0 Å². The maximum atomic E-state index is 14.2. The quantitative estimate of drug-likeness (QED) is 0.787. The molecule has 160 valence electrons. The summed E-state index contributed by atoms with van der Waals surface area (Å²) in [7, 11) is 0. The largest absolute Gasteiger partial charge is 0.367 e. The molecular formula is C24H31FN4O. The molecule has 5 nitrogen and oxygen atoms in total. The van der Waals surface area contributed by atoms with E-state index in [0.29, 0.717) is 12.2 Å². The van der Waals surface area contributed by atoms with E-state index in [1.54, 1.807) is 12.3 Å². The van der Waals surface area contributed by atoms with Crippen molar-refractivity contribution in [1.82, 2.24) is 15.2 Å². The van der Waals surface area contributed by atoms with Gasteiger partial charge in [0.2, 0.25) is 5.91 Å². The van der Waals surface area contributed by atoms with E-state index in [1.807, 2.05) is 24.4 Å². The molecule has 1 saturated heterocycles. The predicted molar refractivity (Wildman–Crippen MR) is 117 cm³/mol. The third-order valence-electron chi connectivity index (χ3n) is 6.46. The first kappa shape index (κ1) is 20.8. The summed E-state index contributed by atoms with van der Waals surface area (Å²) >= 11 is 0. The maximum absolute atomic E-state index is 14.2. The van der Waals surface area contributed by atoms with Gasteiger partial charge in [-0.2, -0.15) is 0 Å². The van der Waals surface area contributed by atoms with Crippen LogP contribution in [0, 0.1) is 11.7 Å². The van der Waals surface area contributed by atoms with E-state index in [0.717, 1.165) is 57.4 Å². The lowest BCUT2D eigenvalue weighted by Gasteiger charge is -2.40. The van der Waals surface area contributed by atoms with Crippen molar-refractivity contribution in [2.75, 3.05) is 37.6 Å². The first-order valence-corrected chi connectivity index (χ1v) is 11.1. The van der Waals surface area contributed by atoms with Crippen LogP contribution in [-0.2, 0) is 4.79 Å². The number of aromatic nitrogens is 1. The van der Waals surface area contributed by atoms with Gasteiger partial charge >= 0.3 is 0 Å². The number of anilines is 1. The molecule has 1 aromatic heterocycles. The summed E-state index contributed by atoms with van der Waals surface area (Å²) in [4.78, 5) is 21.5. The van der Waals surface area contributed by atoms with Crippen molar-refractivity contribution >= 4 is 11.6 Å². The van der Waals surface area contributed by atoms with Crippen molar-refractivity contribution in [3.05, 3.63) is 60.2 Å². The summed E-state index contributed by atoms with van der Waals surface area (Å²) in [6, 6.07) is 11.1. The molecule has 2 aromatic rings. The summed E-state index contributed by atoms with van der Waals surface area (Å²) in [6.45, 7) is 3.73.